The normalized spacial score (nSPS) is 13.1. The minimum atomic E-state index is -3.18. The fourth-order valence-corrected chi connectivity index (χ4v) is 2.05. The second kappa shape index (κ2) is 6.61. The average molecular weight is 357 g/mol. The summed E-state index contributed by atoms with van der Waals surface area (Å²) in [6, 6.07) is 0.630. The van der Waals surface area contributed by atoms with Crippen molar-refractivity contribution in [2.45, 2.75) is 38.9 Å². The molecule has 2 aromatic rings. The molecule has 2 amide bonds. The number of primary amides is 1. The molecule has 4 N–H and O–H groups in total. The van der Waals surface area contributed by atoms with E-state index in [1.807, 2.05) is 5.32 Å². The van der Waals surface area contributed by atoms with E-state index in [9.17, 15) is 22.8 Å². The van der Waals surface area contributed by atoms with Gasteiger partial charge in [0.1, 0.15) is 5.67 Å². The van der Waals surface area contributed by atoms with E-state index in [1.54, 1.807) is 6.92 Å². The first-order valence-corrected chi connectivity index (χ1v) is 7.36. The van der Waals surface area contributed by atoms with Gasteiger partial charge in [-0.1, -0.05) is 0 Å². The number of halogens is 3. The van der Waals surface area contributed by atoms with Crippen LogP contribution in [0.5, 0.6) is 0 Å². The Morgan fingerprint density at radius 3 is 2.52 bits per heavy atom. The van der Waals surface area contributed by atoms with Crippen molar-refractivity contribution in [2.24, 2.45) is 5.73 Å². The summed E-state index contributed by atoms with van der Waals surface area (Å²) in [5, 5.41) is 8.84. The van der Waals surface area contributed by atoms with Crippen LogP contribution in [0, 0.1) is 0 Å². The number of nitrogens with two attached hydrogens (primary N) is 1. The summed E-state index contributed by atoms with van der Waals surface area (Å²) in [4.78, 5) is 22.8. The van der Waals surface area contributed by atoms with Crippen LogP contribution < -0.4 is 16.4 Å². The Hall–Kier alpha value is -2.78. The van der Waals surface area contributed by atoms with Crippen molar-refractivity contribution >= 4 is 28.7 Å². The molecule has 0 radical (unpaired) electrons. The second-order valence-electron chi connectivity index (χ2n) is 6.08. The lowest BCUT2D eigenvalue weighted by Gasteiger charge is -2.26. The van der Waals surface area contributed by atoms with Crippen molar-refractivity contribution in [1.29, 1.82) is 0 Å². The molecule has 10 heteroatoms. The highest BCUT2D eigenvalue weighted by atomic mass is 19.3. The highest BCUT2D eigenvalue weighted by Crippen LogP contribution is 2.28. The van der Waals surface area contributed by atoms with Gasteiger partial charge in [-0.25, -0.2) is 8.91 Å². The van der Waals surface area contributed by atoms with Crippen LogP contribution in [0.4, 0.5) is 24.5 Å². The molecule has 0 aliphatic heterocycles. The predicted octanol–water partition coefficient (Wildman–Crippen LogP) is 2.19. The smallest absolute Gasteiger partial charge is 0.315 e. The topological polar surface area (TPSA) is 102 Å². The molecular formula is C15H18F3N5O2. The third-order valence-electron chi connectivity index (χ3n) is 3.76. The van der Waals surface area contributed by atoms with Crippen LogP contribution in [0.2, 0.25) is 0 Å². The predicted molar refractivity (Wildman–Crippen MR) is 86.6 cm³/mol. The number of carbonyl (C=O) groups is 2. The molecule has 2 aromatic heterocycles. The van der Waals surface area contributed by atoms with Crippen LogP contribution in [0.3, 0.4) is 0 Å². The van der Waals surface area contributed by atoms with E-state index < -0.39 is 30.0 Å². The molecule has 0 saturated carbocycles. The van der Waals surface area contributed by atoms with Crippen molar-refractivity contribution in [3.8, 4) is 0 Å². The number of hydrogen-bond donors (Lipinski definition) is 3. The summed E-state index contributed by atoms with van der Waals surface area (Å²) in [6.45, 7) is 4.29. The van der Waals surface area contributed by atoms with E-state index >= 15 is 0 Å². The molecular weight excluding hydrogens is 339 g/mol. The molecule has 0 saturated heterocycles. The third kappa shape index (κ3) is 4.01. The number of anilines is 2. The van der Waals surface area contributed by atoms with Crippen molar-refractivity contribution in [1.82, 2.24) is 9.61 Å². The molecule has 136 valence electrons. The Labute approximate surface area is 141 Å². The van der Waals surface area contributed by atoms with E-state index in [2.05, 4.69) is 10.4 Å². The molecule has 0 aliphatic carbocycles. The van der Waals surface area contributed by atoms with Crippen LogP contribution in [0.25, 0.3) is 5.52 Å². The van der Waals surface area contributed by atoms with Crippen molar-refractivity contribution in [3.63, 3.8) is 0 Å². The first-order valence-electron chi connectivity index (χ1n) is 7.36. The minimum Gasteiger partial charge on any atom is -0.377 e. The van der Waals surface area contributed by atoms with Crippen molar-refractivity contribution < 1.29 is 22.8 Å². The van der Waals surface area contributed by atoms with Gasteiger partial charge in [0.25, 0.3) is 11.8 Å². The number of rotatable bonds is 6. The Balaban J connectivity index is 2.51. The Morgan fingerprint density at radius 1 is 1.36 bits per heavy atom. The fraction of sp³-hybridized carbons (Fsp3) is 0.400. The number of carbonyl (C=O) groups excluding carboxylic acids is 2. The fourth-order valence-electron chi connectivity index (χ4n) is 2.05. The maximum Gasteiger partial charge on any atom is 0.315 e. The molecule has 25 heavy (non-hydrogen) atoms. The Bertz CT molecular complexity index is 813. The van der Waals surface area contributed by atoms with Gasteiger partial charge in [-0.3, -0.25) is 9.59 Å². The monoisotopic (exact) mass is 357 g/mol. The molecule has 0 unspecified atom stereocenters. The van der Waals surface area contributed by atoms with Gasteiger partial charge in [0.2, 0.25) is 0 Å². The first kappa shape index (κ1) is 18.6. The van der Waals surface area contributed by atoms with E-state index in [1.165, 1.54) is 36.8 Å². The van der Waals surface area contributed by atoms with Crippen LogP contribution in [0.15, 0.2) is 18.5 Å². The van der Waals surface area contributed by atoms with Crippen molar-refractivity contribution in [2.75, 3.05) is 10.6 Å². The Kier molecular flexibility index (Phi) is 4.91. The first-order chi connectivity index (χ1) is 11.5. The van der Waals surface area contributed by atoms with Crippen LogP contribution in [0.1, 0.15) is 31.1 Å². The van der Waals surface area contributed by atoms with E-state index in [0.29, 0.717) is 0 Å². The second-order valence-corrected chi connectivity index (χ2v) is 6.08. The number of nitrogens with one attached hydrogen (secondary N) is 2. The standard InChI is InChI=1S/C15H18F3N5O2/c1-7(15(2,3)18)21-11-9(13(19)24)5-20-23-6-8(4-10(11)23)22-14(25)12(16)17/h4-7,12,21H,1-3H3,(H2,19,24)(H,22,25)/t7-/m1/s1. The van der Waals surface area contributed by atoms with Crippen LogP contribution in [-0.4, -0.2) is 39.6 Å². The summed E-state index contributed by atoms with van der Waals surface area (Å²) < 4.78 is 40.1. The maximum absolute atomic E-state index is 14.1. The third-order valence-corrected chi connectivity index (χ3v) is 3.76. The number of aromatic nitrogens is 2. The molecule has 0 spiro atoms. The van der Waals surface area contributed by atoms with E-state index in [0.717, 1.165) is 0 Å². The highest BCUT2D eigenvalue weighted by Gasteiger charge is 2.27. The molecule has 1 atom stereocenters. The number of alkyl halides is 3. The molecule has 0 aliphatic rings. The van der Waals surface area contributed by atoms with Crippen molar-refractivity contribution in [3.05, 3.63) is 24.0 Å². The number of hydrogen-bond acceptors (Lipinski definition) is 4. The molecule has 0 fully saturated rings. The summed E-state index contributed by atoms with van der Waals surface area (Å²) in [5.41, 5.74) is 4.24. The molecule has 7 nitrogen and oxygen atoms in total. The summed E-state index contributed by atoms with van der Waals surface area (Å²) in [6.07, 6.45) is -0.715. The van der Waals surface area contributed by atoms with Gasteiger partial charge in [0.05, 0.1) is 40.9 Å². The van der Waals surface area contributed by atoms with Gasteiger partial charge in [-0.05, 0) is 26.8 Å². The SMILES string of the molecule is C[C@@H](Nc1c(C(N)=O)cnn2cc(NC(=O)C(F)F)cc12)C(C)(C)F. The largest absolute Gasteiger partial charge is 0.377 e. The minimum absolute atomic E-state index is 0.00781. The number of nitrogens with zero attached hydrogens (tertiary/aromatic N) is 2. The molecule has 0 aromatic carbocycles. The molecule has 0 bridgehead atoms. The summed E-state index contributed by atoms with van der Waals surface area (Å²) in [5.74, 6) is -2.26. The van der Waals surface area contributed by atoms with E-state index in [4.69, 9.17) is 5.73 Å². The zero-order valence-electron chi connectivity index (χ0n) is 13.8. The van der Waals surface area contributed by atoms with Gasteiger partial charge < -0.3 is 16.4 Å². The lowest BCUT2D eigenvalue weighted by Crippen LogP contribution is -2.36. The maximum atomic E-state index is 14.1. The lowest BCUT2D eigenvalue weighted by atomic mass is 10.0. The molecule has 2 heterocycles. The number of amides is 2. The van der Waals surface area contributed by atoms with Gasteiger partial charge in [0.15, 0.2) is 0 Å². The summed E-state index contributed by atoms with van der Waals surface area (Å²) in [7, 11) is 0. The summed E-state index contributed by atoms with van der Waals surface area (Å²) >= 11 is 0. The van der Waals surface area contributed by atoms with Crippen LogP contribution in [-0.2, 0) is 4.79 Å². The quantitative estimate of drug-likeness (QED) is 0.737. The zero-order valence-corrected chi connectivity index (χ0v) is 13.8. The van der Waals surface area contributed by atoms with Gasteiger partial charge >= 0.3 is 6.43 Å². The zero-order chi connectivity index (χ0) is 18.9. The molecule has 2 rings (SSSR count). The number of fused-ring (bicyclic) bond motifs is 1. The lowest BCUT2D eigenvalue weighted by molar-refractivity contribution is -0.126. The van der Waals surface area contributed by atoms with E-state index in [-0.39, 0.29) is 22.5 Å². The average Bonchev–Trinajstić information content (AvgIpc) is 2.88. The van der Waals surface area contributed by atoms with Crippen LogP contribution >= 0.6 is 0 Å². The Morgan fingerprint density at radius 2 is 2.00 bits per heavy atom. The van der Waals surface area contributed by atoms with Gasteiger partial charge in [0, 0.05) is 0 Å². The van der Waals surface area contributed by atoms with Gasteiger partial charge in [-0.2, -0.15) is 13.9 Å². The highest BCUT2D eigenvalue weighted by molar-refractivity contribution is 6.03. The van der Waals surface area contributed by atoms with Gasteiger partial charge in [-0.15, -0.1) is 0 Å².